The molecule has 0 amide bonds. The number of fused-ring (bicyclic) bond motifs is 1. The number of carbonyl (C=O) groups excluding carboxylic acids is 1. The van der Waals surface area contributed by atoms with Crippen molar-refractivity contribution in [3.8, 4) is 5.75 Å². The first-order valence-electron chi connectivity index (χ1n) is 9.35. The Morgan fingerprint density at radius 1 is 1.23 bits per heavy atom. The average molecular weight is 410 g/mol. The zero-order chi connectivity index (χ0) is 21.1. The van der Waals surface area contributed by atoms with Gasteiger partial charge in [-0.3, -0.25) is 0 Å². The molecular formula is C21H19FN4O4. The van der Waals surface area contributed by atoms with Crippen LogP contribution in [0.5, 0.6) is 5.75 Å². The van der Waals surface area contributed by atoms with Crippen LogP contribution < -0.4 is 4.74 Å². The van der Waals surface area contributed by atoms with Gasteiger partial charge in [-0.25, -0.2) is 13.9 Å². The number of rotatable bonds is 7. The number of benzene rings is 2. The number of para-hydroxylation sites is 1. The van der Waals surface area contributed by atoms with Crippen LogP contribution in [0.25, 0.3) is 11.0 Å². The van der Waals surface area contributed by atoms with Crippen LogP contribution in [0.1, 0.15) is 34.4 Å². The topological polar surface area (TPSA) is 92.3 Å². The van der Waals surface area contributed by atoms with Gasteiger partial charge >= 0.3 is 5.97 Å². The molecule has 0 radical (unpaired) electrons. The third-order valence-corrected chi connectivity index (χ3v) is 4.65. The first-order valence-corrected chi connectivity index (χ1v) is 9.35. The molecule has 0 aliphatic heterocycles. The normalized spacial score (nSPS) is 11.0. The number of esters is 1. The lowest BCUT2D eigenvalue weighted by Gasteiger charge is -2.07. The minimum Gasteiger partial charge on any atom is -0.494 e. The Kier molecular flexibility index (Phi) is 5.42. The molecule has 4 aromatic rings. The SMILES string of the molecule is CCOC(=O)c1oc2ccccc2c1Cn1nnnc1Cc1ccc(OC)c(F)c1. The lowest BCUT2D eigenvalue weighted by molar-refractivity contribution is 0.0490. The van der Waals surface area contributed by atoms with Gasteiger partial charge in [0.1, 0.15) is 5.58 Å². The predicted octanol–water partition coefficient (Wildman–Crippen LogP) is 3.38. The standard InChI is InChI=1S/C21H19FN4O4/c1-3-29-21(27)20-15(14-6-4-5-7-17(14)30-20)12-26-19(23-24-25-26)11-13-8-9-18(28-2)16(22)10-13/h4-10H,3,11-12H2,1-2H3. The molecule has 9 heteroatoms. The van der Waals surface area contributed by atoms with Crippen molar-refractivity contribution < 1.29 is 23.1 Å². The third kappa shape index (κ3) is 3.73. The zero-order valence-electron chi connectivity index (χ0n) is 16.5. The molecule has 0 aliphatic rings. The largest absolute Gasteiger partial charge is 0.494 e. The minimum absolute atomic E-state index is 0.120. The lowest BCUT2D eigenvalue weighted by atomic mass is 10.1. The number of furan rings is 1. The van der Waals surface area contributed by atoms with Crippen molar-refractivity contribution in [2.24, 2.45) is 0 Å². The van der Waals surface area contributed by atoms with Crippen LogP contribution in [-0.4, -0.2) is 39.9 Å². The van der Waals surface area contributed by atoms with E-state index < -0.39 is 11.8 Å². The van der Waals surface area contributed by atoms with Crippen LogP contribution >= 0.6 is 0 Å². The molecular weight excluding hydrogens is 391 g/mol. The van der Waals surface area contributed by atoms with E-state index >= 15 is 0 Å². The number of carbonyl (C=O) groups is 1. The number of ether oxygens (including phenoxy) is 2. The van der Waals surface area contributed by atoms with Gasteiger partial charge in [0.2, 0.25) is 5.76 Å². The number of hydrogen-bond donors (Lipinski definition) is 0. The Balaban J connectivity index is 1.67. The van der Waals surface area contributed by atoms with Crippen LogP contribution in [-0.2, 0) is 17.7 Å². The van der Waals surface area contributed by atoms with E-state index in [0.717, 1.165) is 5.39 Å². The summed E-state index contributed by atoms with van der Waals surface area (Å²) < 4.78 is 31.4. The van der Waals surface area contributed by atoms with Crippen molar-refractivity contribution in [1.29, 1.82) is 0 Å². The minimum atomic E-state index is -0.546. The molecule has 8 nitrogen and oxygen atoms in total. The first-order chi connectivity index (χ1) is 14.6. The molecule has 0 atom stereocenters. The van der Waals surface area contributed by atoms with Crippen LogP contribution in [0.2, 0.25) is 0 Å². The van der Waals surface area contributed by atoms with Gasteiger partial charge in [0.15, 0.2) is 17.4 Å². The number of nitrogens with zero attached hydrogens (tertiary/aromatic N) is 4. The lowest BCUT2D eigenvalue weighted by Crippen LogP contribution is -2.12. The van der Waals surface area contributed by atoms with Crippen LogP contribution in [0.15, 0.2) is 46.9 Å². The summed E-state index contributed by atoms with van der Waals surface area (Å²) in [6, 6.07) is 12.0. The Morgan fingerprint density at radius 2 is 2.07 bits per heavy atom. The van der Waals surface area contributed by atoms with Crippen molar-refractivity contribution in [3.05, 3.63) is 71.0 Å². The highest BCUT2D eigenvalue weighted by molar-refractivity contribution is 5.96. The molecule has 154 valence electrons. The second-order valence-electron chi connectivity index (χ2n) is 6.52. The Bertz CT molecular complexity index is 1200. The molecule has 2 heterocycles. The van der Waals surface area contributed by atoms with E-state index in [4.69, 9.17) is 13.9 Å². The summed E-state index contributed by atoms with van der Waals surface area (Å²) in [5, 5.41) is 12.6. The zero-order valence-corrected chi connectivity index (χ0v) is 16.5. The highest BCUT2D eigenvalue weighted by atomic mass is 19.1. The molecule has 4 rings (SSSR count). The Labute approximate surface area is 171 Å². The van der Waals surface area contributed by atoms with Gasteiger partial charge in [-0.1, -0.05) is 24.3 Å². The number of tetrazole rings is 1. The second-order valence-corrected chi connectivity index (χ2v) is 6.52. The molecule has 0 aliphatic carbocycles. The van der Waals surface area contributed by atoms with Crippen molar-refractivity contribution in [3.63, 3.8) is 0 Å². The molecule has 0 N–H and O–H groups in total. The molecule has 0 spiro atoms. The number of aromatic nitrogens is 4. The number of hydrogen-bond acceptors (Lipinski definition) is 7. The first kappa shape index (κ1) is 19.6. The maximum Gasteiger partial charge on any atom is 0.374 e. The van der Waals surface area contributed by atoms with E-state index in [1.165, 1.54) is 13.2 Å². The van der Waals surface area contributed by atoms with Crippen molar-refractivity contribution in [2.75, 3.05) is 13.7 Å². The summed E-state index contributed by atoms with van der Waals surface area (Å²) in [5.41, 5.74) is 1.88. The van der Waals surface area contributed by atoms with Gasteiger partial charge in [-0.15, -0.1) is 5.10 Å². The fourth-order valence-electron chi connectivity index (χ4n) is 3.24. The molecule has 2 aromatic heterocycles. The maximum atomic E-state index is 14.0. The molecule has 2 aromatic carbocycles. The maximum absolute atomic E-state index is 14.0. The van der Waals surface area contributed by atoms with Gasteiger partial charge < -0.3 is 13.9 Å². The van der Waals surface area contributed by atoms with Crippen molar-refractivity contribution in [2.45, 2.75) is 19.9 Å². The third-order valence-electron chi connectivity index (χ3n) is 4.65. The van der Waals surface area contributed by atoms with Gasteiger partial charge in [0, 0.05) is 17.4 Å². The molecule has 30 heavy (non-hydrogen) atoms. The van der Waals surface area contributed by atoms with Crippen molar-refractivity contribution >= 4 is 16.9 Å². The second kappa shape index (κ2) is 8.32. The fourth-order valence-corrected chi connectivity index (χ4v) is 3.24. The number of methoxy groups -OCH3 is 1. The highest BCUT2D eigenvalue weighted by Crippen LogP contribution is 2.28. The van der Waals surface area contributed by atoms with E-state index in [-0.39, 0.29) is 24.7 Å². The van der Waals surface area contributed by atoms with Gasteiger partial charge in [0.25, 0.3) is 0 Å². The van der Waals surface area contributed by atoms with E-state index in [2.05, 4.69) is 15.5 Å². The summed E-state index contributed by atoms with van der Waals surface area (Å²) in [7, 11) is 1.41. The Morgan fingerprint density at radius 3 is 2.83 bits per heavy atom. The van der Waals surface area contributed by atoms with Gasteiger partial charge in [0.05, 0.1) is 20.3 Å². The van der Waals surface area contributed by atoms with Crippen LogP contribution in [0.3, 0.4) is 0 Å². The van der Waals surface area contributed by atoms with E-state index in [0.29, 0.717) is 29.0 Å². The highest BCUT2D eigenvalue weighted by Gasteiger charge is 2.23. The van der Waals surface area contributed by atoms with Gasteiger partial charge in [-0.05, 0) is 41.1 Å². The summed E-state index contributed by atoms with van der Waals surface area (Å²) >= 11 is 0. The van der Waals surface area contributed by atoms with Crippen molar-refractivity contribution in [1.82, 2.24) is 20.2 Å². The fraction of sp³-hybridized carbons (Fsp3) is 0.238. The number of halogens is 1. The summed E-state index contributed by atoms with van der Waals surface area (Å²) in [4.78, 5) is 12.4. The molecule has 0 fully saturated rings. The van der Waals surface area contributed by atoms with Crippen LogP contribution in [0.4, 0.5) is 4.39 Å². The summed E-state index contributed by atoms with van der Waals surface area (Å²) in [6.07, 6.45) is 0.304. The summed E-state index contributed by atoms with van der Waals surface area (Å²) in [6.45, 7) is 2.16. The molecule has 0 saturated heterocycles. The van der Waals surface area contributed by atoms with E-state index in [1.807, 2.05) is 18.2 Å². The molecule has 0 unspecified atom stereocenters. The van der Waals surface area contributed by atoms with E-state index in [9.17, 15) is 9.18 Å². The predicted molar refractivity (Wildman–Crippen MR) is 105 cm³/mol. The quantitative estimate of drug-likeness (QED) is 0.431. The summed E-state index contributed by atoms with van der Waals surface area (Å²) in [5.74, 6) is -0.202. The van der Waals surface area contributed by atoms with E-state index in [1.54, 1.807) is 29.8 Å². The molecule has 0 saturated carbocycles. The smallest absolute Gasteiger partial charge is 0.374 e. The molecule has 0 bridgehead atoms. The average Bonchev–Trinajstić information content (AvgIpc) is 3.33. The Hall–Kier alpha value is -3.75. The van der Waals surface area contributed by atoms with Crippen LogP contribution in [0, 0.1) is 5.82 Å². The van der Waals surface area contributed by atoms with Gasteiger partial charge in [-0.2, -0.15) is 0 Å². The monoisotopic (exact) mass is 410 g/mol.